The lowest BCUT2D eigenvalue weighted by atomic mass is 9.70. The summed E-state index contributed by atoms with van der Waals surface area (Å²) in [6.45, 7) is 14.6. The number of piperidine rings is 3. The van der Waals surface area contributed by atoms with Crippen LogP contribution in [0.5, 0.6) is 5.75 Å². The van der Waals surface area contributed by atoms with Gasteiger partial charge in [-0.25, -0.2) is 4.79 Å². The summed E-state index contributed by atoms with van der Waals surface area (Å²) in [5.74, 6) is 1.50. The van der Waals surface area contributed by atoms with Gasteiger partial charge in [0.2, 0.25) is 0 Å². The SMILES string of the molecule is CCOc1c(C)cc(-c2ccc3c(c2)CCC(C)(C)[C@H]3NC(=O)OC2CN3CCC2CC3)cc1C. The third kappa shape index (κ3) is 4.80. The van der Waals surface area contributed by atoms with Crippen molar-refractivity contribution in [3.8, 4) is 16.9 Å². The van der Waals surface area contributed by atoms with Crippen LogP contribution in [0.15, 0.2) is 30.3 Å². The first-order valence-electron chi connectivity index (χ1n) is 13.3. The van der Waals surface area contributed by atoms with Crippen molar-refractivity contribution in [2.24, 2.45) is 11.3 Å². The molecule has 2 atom stereocenters. The van der Waals surface area contributed by atoms with E-state index < -0.39 is 0 Å². The van der Waals surface area contributed by atoms with Crippen molar-refractivity contribution < 1.29 is 14.3 Å². The van der Waals surface area contributed by atoms with Gasteiger partial charge in [0.15, 0.2) is 0 Å². The Balaban J connectivity index is 1.36. The molecular weight excluding hydrogens is 436 g/mol. The second-order valence-electron chi connectivity index (χ2n) is 11.4. The maximum atomic E-state index is 13.0. The molecule has 3 aliphatic heterocycles. The lowest BCUT2D eigenvalue weighted by molar-refractivity contribution is -0.0353. The maximum absolute atomic E-state index is 13.0. The number of hydrogen-bond acceptors (Lipinski definition) is 4. The first-order chi connectivity index (χ1) is 16.7. The van der Waals surface area contributed by atoms with E-state index in [1.807, 2.05) is 6.92 Å². The Hall–Kier alpha value is -2.53. The molecule has 3 fully saturated rings. The third-order valence-corrected chi connectivity index (χ3v) is 8.47. The fourth-order valence-corrected chi connectivity index (χ4v) is 6.40. The van der Waals surface area contributed by atoms with E-state index in [2.05, 4.69) is 68.2 Å². The molecule has 2 aromatic rings. The van der Waals surface area contributed by atoms with Gasteiger partial charge in [-0.1, -0.05) is 32.0 Å². The minimum atomic E-state index is -0.267. The summed E-state index contributed by atoms with van der Waals surface area (Å²) in [4.78, 5) is 15.5. The number of rotatable bonds is 5. The monoisotopic (exact) mass is 476 g/mol. The molecule has 5 heteroatoms. The van der Waals surface area contributed by atoms with Crippen molar-refractivity contribution >= 4 is 6.09 Å². The van der Waals surface area contributed by atoms with Gasteiger partial charge >= 0.3 is 6.09 Å². The molecule has 1 N–H and O–H groups in total. The van der Waals surface area contributed by atoms with E-state index in [-0.39, 0.29) is 23.7 Å². The first-order valence-corrected chi connectivity index (χ1v) is 13.3. The molecule has 0 radical (unpaired) electrons. The van der Waals surface area contributed by atoms with Gasteiger partial charge in [-0.2, -0.15) is 0 Å². The molecule has 3 saturated heterocycles. The van der Waals surface area contributed by atoms with E-state index in [0.29, 0.717) is 12.5 Å². The Morgan fingerprint density at radius 3 is 2.43 bits per heavy atom. The average Bonchev–Trinajstić information content (AvgIpc) is 2.83. The van der Waals surface area contributed by atoms with Gasteiger partial charge in [-0.15, -0.1) is 0 Å². The van der Waals surface area contributed by atoms with E-state index in [1.165, 1.54) is 22.3 Å². The van der Waals surface area contributed by atoms with Crippen molar-refractivity contribution in [3.63, 3.8) is 0 Å². The number of nitrogens with zero attached hydrogens (tertiary/aromatic N) is 1. The number of aryl methyl sites for hydroxylation is 3. The highest BCUT2D eigenvalue weighted by atomic mass is 16.6. The largest absolute Gasteiger partial charge is 0.493 e. The standard InChI is InChI=1S/C30H40N2O3/c1-6-34-27-19(2)15-24(16-20(27)3)22-7-8-25-23(17-22)9-12-30(4,5)28(25)31-29(33)35-26-18-32-13-10-21(26)11-14-32/h7-8,15-17,21,26,28H,6,9-14,18H2,1-5H3,(H,31,33)/t26?,28-/m0/s1. The highest BCUT2D eigenvalue weighted by molar-refractivity contribution is 5.71. The molecule has 2 aromatic carbocycles. The van der Waals surface area contributed by atoms with E-state index in [0.717, 1.165) is 62.2 Å². The highest BCUT2D eigenvalue weighted by Gasteiger charge is 2.40. The number of carbonyl (C=O) groups excluding carboxylic acids is 1. The van der Waals surface area contributed by atoms with Gasteiger partial charge < -0.3 is 14.8 Å². The third-order valence-electron chi connectivity index (χ3n) is 8.47. The zero-order chi connectivity index (χ0) is 24.7. The first kappa shape index (κ1) is 24.2. The van der Waals surface area contributed by atoms with Crippen LogP contribution in [0.3, 0.4) is 0 Å². The van der Waals surface area contributed by atoms with Crippen LogP contribution in [0, 0.1) is 25.2 Å². The van der Waals surface area contributed by atoms with Crippen LogP contribution in [-0.4, -0.2) is 43.3 Å². The van der Waals surface area contributed by atoms with E-state index >= 15 is 0 Å². The average molecular weight is 477 g/mol. The Morgan fingerprint density at radius 2 is 1.80 bits per heavy atom. The molecule has 1 amide bonds. The van der Waals surface area contributed by atoms with Gasteiger partial charge in [0.05, 0.1) is 12.6 Å². The minimum absolute atomic E-state index is 0.0252. The smallest absolute Gasteiger partial charge is 0.407 e. The Kier molecular flexibility index (Phi) is 6.56. The van der Waals surface area contributed by atoms with Crippen LogP contribution in [0.4, 0.5) is 4.79 Å². The molecule has 0 aromatic heterocycles. The van der Waals surface area contributed by atoms with E-state index in [9.17, 15) is 4.79 Å². The van der Waals surface area contributed by atoms with Crippen molar-refractivity contribution in [3.05, 3.63) is 52.6 Å². The number of hydrogen-bond donors (Lipinski definition) is 1. The van der Waals surface area contributed by atoms with Gasteiger partial charge in [-0.05, 0) is 116 Å². The second kappa shape index (κ2) is 9.50. The minimum Gasteiger partial charge on any atom is -0.493 e. The van der Waals surface area contributed by atoms with Crippen molar-refractivity contribution in [1.29, 1.82) is 0 Å². The summed E-state index contributed by atoms with van der Waals surface area (Å²) in [6, 6.07) is 11.1. The summed E-state index contributed by atoms with van der Waals surface area (Å²) >= 11 is 0. The Labute approximate surface area is 210 Å². The van der Waals surface area contributed by atoms with E-state index in [1.54, 1.807) is 0 Å². The van der Waals surface area contributed by atoms with Crippen LogP contribution in [0.1, 0.15) is 68.3 Å². The normalized spacial score (nSPS) is 26.7. The Bertz CT molecular complexity index is 1080. The molecule has 4 aliphatic rings. The van der Waals surface area contributed by atoms with Crippen LogP contribution in [0.2, 0.25) is 0 Å². The van der Waals surface area contributed by atoms with Gasteiger partial charge in [0.1, 0.15) is 11.9 Å². The molecule has 35 heavy (non-hydrogen) atoms. The lowest BCUT2D eigenvalue weighted by Gasteiger charge is -2.44. The van der Waals surface area contributed by atoms with Crippen molar-refractivity contribution in [2.45, 2.75) is 72.4 Å². The van der Waals surface area contributed by atoms with Crippen LogP contribution in [0.25, 0.3) is 11.1 Å². The van der Waals surface area contributed by atoms with Gasteiger partial charge in [-0.3, -0.25) is 4.90 Å². The number of amides is 1. The highest BCUT2D eigenvalue weighted by Crippen LogP contribution is 2.45. The van der Waals surface area contributed by atoms with Crippen LogP contribution >= 0.6 is 0 Å². The summed E-state index contributed by atoms with van der Waals surface area (Å²) in [6.07, 6.45) is 4.08. The molecule has 188 valence electrons. The summed E-state index contributed by atoms with van der Waals surface area (Å²) in [5.41, 5.74) is 7.25. The lowest BCUT2D eigenvalue weighted by Crippen LogP contribution is -2.53. The topological polar surface area (TPSA) is 50.8 Å². The summed E-state index contributed by atoms with van der Waals surface area (Å²) < 4.78 is 11.8. The van der Waals surface area contributed by atoms with Crippen molar-refractivity contribution in [1.82, 2.24) is 10.2 Å². The molecule has 2 bridgehead atoms. The molecule has 0 spiro atoms. The number of nitrogens with one attached hydrogen (secondary N) is 1. The second-order valence-corrected chi connectivity index (χ2v) is 11.4. The number of benzene rings is 2. The zero-order valence-corrected chi connectivity index (χ0v) is 21.9. The molecule has 0 saturated carbocycles. The molecule has 5 nitrogen and oxygen atoms in total. The molecule has 1 unspecified atom stereocenters. The number of carbonyl (C=O) groups is 1. The molecule has 6 rings (SSSR count). The quantitative estimate of drug-likeness (QED) is 0.558. The van der Waals surface area contributed by atoms with Crippen LogP contribution < -0.4 is 10.1 Å². The zero-order valence-electron chi connectivity index (χ0n) is 21.9. The van der Waals surface area contributed by atoms with Gasteiger partial charge in [0.25, 0.3) is 0 Å². The predicted octanol–water partition coefficient (Wildman–Crippen LogP) is 6.20. The molecule has 1 aliphatic carbocycles. The number of fused-ring (bicyclic) bond motifs is 4. The van der Waals surface area contributed by atoms with E-state index in [4.69, 9.17) is 9.47 Å². The van der Waals surface area contributed by atoms with Crippen molar-refractivity contribution in [2.75, 3.05) is 26.2 Å². The van der Waals surface area contributed by atoms with Crippen LogP contribution in [-0.2, 0) is 11.2 Å². The Morgan fingerprint density at radius 1 is 1.09 bits per heavy atom. The molecule has 3 heterocycles. The summed E-state index contributed by atoms with van der Waals surface area (Å²) in [5, 5.41) is 3.27. The van der Waals surface area contributed by atoms with Gasteiger partial charge in [0, 0.05) is 6.54 Å². The fraction of sp³-hybridized carbons (Fsp3) is 0.567. The predicted molar refractivity (Wildman–Crippen MR) is 140 cm³/mol. The summed E-state index contributed by atoms with van der Waals surface area (Å²) in [7, 11) is 0. The number of ether oxygens (including phenoxy) is 2. The number of alkyl carbamates (subject to hydrolysis) is 1. The maximum Gasteiger partial charge on any atom is 0.407 e. The molecular formula is C30H40N2O3. The fourth-order valence-electron chi connectivity index (χ4n) is 6.40.